The van der Waals surface area contributed by atoms with Gasteiger partial charge in [0.05, 0.1) is 29.0 Å². The summed E-state index contributed by atoms with van der Waals surface area (Å²) < 4.78 is 28.4. The molecule has 27 heavy (non-hydrogen) atoms. The van der Waals surface area contributed by atoms with E-state index in [0.29, 0.717) is 0 Å². The molecule has 1 heterocycles. The quantitative estimate of drug-likeness (QED) is 0.876. The van der Waals surface area contributed by atoms with Crippen LogP contribution in [-0.4, -0.2) is 34.6 Å². The highest BCUT2D eigenvalue weighted by molar-refractivity contribution is 5.76. The van der Waals surface area contributed by atoms with E-state index in [1.165, 1.54) is 18.2 Å². The number of hydrogen-bond donors (Lipinski definition) is 1. The molecule has 1 amide bonds. The lowest BCUT2D eigenvalue weighted by molar-refractivity contribution is -0.121. The maximum Gasteiger partial charge on any atom is 0.231 e. The van der Waals surface area contributed by atoms with Crippen LogP contribution in [0.25, 0.3) is 11.3 Å². The van der Waals surface area contributed by atoms with Crippen LogP contribution in [0.4, 0.5) is 8.78 Å². The van der Waals surface area contributed by atoms with Crippen LogP contribution in [0.5, 0.6) is 0 Å². The number of aromatic nitrogens is 2. The van der Waals surface area contributed by atoms with E-state index in [2.05, 4.69) is 24.0 Å². The zero-order chi connectivity index (χ0) is 19.6. The Morgan fingerprint density at radius 2 is 2.00 bits per heavy atom. The lowest BCUT2D eigenvalue weighted by Crippen LogP contribution is -2.51. The molecule has 142 valence electrons. The Bertz CT molecular complexity index is 929. The number of nitrogens with two attached hydrogens (primary N) is 1. The van der Waals surface area contributed by atoms with Gasteiger partial charge in [0.15, 0.2) is 0 Å². The molecule has 2 N–H and O–H groups in total. The Kier molecular flexibility index (Phi) is 3.86. The van der Waals surface area contributed by atoms with Crippen molar-refractivity contribution in [2.24, 2.45) is 11.1 Å². The predicted molar refractivity (Wildman–Crippen MR) is 96.6 cm³/mol. The van der Waals surface area contributed by atoms with Gasteiger partial charge in [-0.3, -0.25) is 9.69 Å². The SMILES string of the molecule is CC[C@]1(N(C)CC(N)=O)c2nnc(-c3c(F)cccc3F)cc2[C@@H]2CC21C. The summed E-state index contributed by atoms with van der Waals surface area (Å²) in [6.45, 7) is 4.34. The fraction of sp³-hybridized carbons (Fsp3) is 0.450. The summed E-state index contributed by atoms with van der Waals surface area (Å²) in [7, 11) is 1.87. The average molecular weight is 372 g/mol. The molecule has 1 saturated carbocycles. The van der Waals surface area contributed by atoms with Crippen molar-refractivity contribution >= 4 is 5.91 Å². The third-order valence-corrected chi connectivity index (χ3v) is 6.55. The van der Waals surface area contributed by atoms with Gasteiger partial charge in [-0.1, -0.05) is 19.9 Å². The van der Waals surface area contributed by atoms with E-state index in [1.54, 1.807) is 6.07 Å². The molecule has 0 saturated heterocycles. The first kappa shape index (κ1) is 18.0. The molecule has 0 aliphatic heterocycles. The molecule has 0 spiro atoms. The van der Waals surface area contributed by atoms with Crippen LogP contribution in [0.3, 0.4) is 0 Å². The lowest BCUT2D eigenvalue weighted by Gasteiger charge is -2.43. The first-order valence-electron chi connectivity index (χ1n) is 9.08. The number of likely N-dealkylation sites (N-methyl/N-ethyl adjacent to an activating group) is 1. The molecule has 3 atom stereocenters. The number of nitrogens with zero attached hydrogens (tertiary/aromatic N) is 3. The lowest BCUT2D eigenvalue weighted by atomic mass is 9.78. The molecule has 2 aromatic rings. The molecular formula is C20H22F2N4O. The monoisotopic (exact) mass is 372 g/mol. The summed E-state index contributed by atoms with van der Waals surface area (Å²) in [5.74, 6) is -1.49. The van der Waals surface area contributed by atoms with Crippen molar-refractivity contribution in [2.45, 2.75) is 38.1 Å². The largest absolute Gasteiger partial charge is 0.369 e. The average Bonchev–Trinajstić information content (AvgIpc) is 3.23. The van der Waals surface area contributed by atoms with Crippen LogP contribution in [0, 0.1) is 17.0 Å². The number of halogens is 2. The van der Waals surface area contributed by atoms with Gasteiger partial charge in [0, 0.05) is 0 Å². The van der Waals surface area contributed by atoms with Crippen LogP contribution in [-0.2, 0) is 10.3 Å². The Morgan fingerprint density at radius 3 is 2.59 bits per heavy atom. The number of rotatable bonds is 5. The maximum atomic E-state index is 14.2. The van der Waals surface area contributed by atoms with E-state index in [0.717, 1.165) is 24.1 Å². The third-order valence-electron chi connectivity index (χ3n) is 6.55. The highest BCUT2D eigenvalue weighted by Crippen LogP contribution is 2.75. The first-order valence-corrected chi connectivity index (χ1v) is 9.08. The second-order valence-corrected chi connectivity index (χ2v) is 7.84. The fourth-order valence-corrected chi connectivity index (χ4v) is 5.23. The van der Waals surface area contributed by atoms with Gasteiger partial charge in [0.25, 0.3) is 0 Å². The Balaban J connectivity index is 1.86. The van der Waals surface area contributed by atoms with Crippen molar-refractivity contribution in [3.8, 4) is 11.3 Å². The van der Waals surface area contributed by atoms with Gasteiger partial charge in [0.1, 0.15) is 11.6 Å². The molecule has 7 heteroatoms. The normalized spacial score (nSPS) is 28.1. The number of primary amides is 1. The summed E-state index contributed by atoms with van der Waals surface area (Å²) in [6, 6.07) is 5.51. The minimum absolute atomic E-state index is 0.102. The second kappa shape index (κ2) is 5.79. The molecule has 1 unspecified atom stereocenters. The molecule has 2 aliphatic carbocycles. The van der Waals surface area contributed by atoms with Gasteiger partial charge in [0.2, 0.25) is 5.91 Å². The van der Waals surface area contributed by atoms with Crippen molar-refractivity contribution in [2.75, 3.05) is 13.6 Å². The summed E-state index contributed by atoms with van der Waals surface area (Å²) in [4.78, 5) is 13.5. The third kappa shape index (κ3) is 2.27. The zero-order valence-corrected chi connectivity index (χ0v) is 15.6. The first-order chi connectivity index (χ1) is 12.8. The molecule has 5 nitrogen and oxygen atoms in total. The Hall–Kier alpha value is -2.41. The highest BCUT2D eigenvalue weighted by atomic mass is 19.1. The smallest absolute Gasteiger partial charge is 0.231 e. The minimum Gasteiger partial charge on any atom is -0.369 e. The van der Waals surface area contributed by atoms with E-state index in [9.17, 15) is 13.6 Å². The van der Waals surface area contributed by atoms with Crippen LogP contribution in [0.15, 0.2) is 24.3 Å². The van der Waals surface area contributed by atoms with Crippen LogP contribution in [0.2, 0.25) is 0 Å². The highest BCUT2D eigenvalue weighted by Gasteiger charge is 2.72. The van der Waals surface area contributed by atoms with Gasteiger partial charge in [-0.2, -0.15) is 5.10 Å². The number of carbonyl (C=O) groups excluding carboxylic acids is 1. The van der Waals surface area contributed by atoms with E-state index in [1.807, 2.05) is 11.9 Å². The maximum absolute atomic E-state index is 14.2. The topological polar surface area (TPSA) is 72.1 Å². The van der Waals surface area contributed by atoms with Crippen LogP contribution in [0.1, 0.15) is 43.9 Å². The summed E-state index contributed by atoms with van der Waals surface area (Å²) in [5.41, 5.74) is 6.64. The van der Waals surface area contributed by atoms with Gasteiger partial charge in [-0.15, -0.1) is 5.10 Å². The van der Waals surface area contributed by atoms with E-state index < -0.39 is 23.1 Å². The molecule has 1 fully saturated rings. The molecule has 4 rings (SSSR count). The van der Waals surface area contributed by atoms with Gasteiger partial charge in [-0.05, 0) is 55.0 Å². The van der Waals surface area contributed by atoms with Gasteiger partial charge < -0.3 is 5.73 Å². The molecule has 1 aromatic heterocycles. The van der Waals surface area contributed by atoms with Crippen molar-refractivity contribution in [3.05, 3.63) is 47.2 Å². The number of hydrogen-bond acceptors (Lipinski definition) is 4. The Labute approximate surface area is 156 Å². The zero-order valence-electron chi connectivity index (χ0n) is 15.6. The number of amides is 1. The minimum atomic E-state index is -0.659. The number of carbonyl (C=O) groups is 1. The van der Waals surface area contributed by atoms with Gasteiger partial charge >= 0.3 is 0 Å². The van der Waals surface area contributed by atoms with E-state index in [4.69, 9.17) is 5.73 Å². The summed E-state index contributed by atoms with van der Waals surface area (Å²) in [6.07, 6.45) is 1.67. The summed E-state index contributed by atoms with van der Waals surface area (Å²) >= 11 is 0. The van der Waals surface area contributed by atoms with Crippen LogP contribution < -0.4 is 5.73 Å². The van der Waals surface area contributed by atoms with Crippen molar-refractivity contribution < 1.29 is 13.6 Å². The Morgan fingerprint density at radius 1 is 1.33 bits per heavy atom. The van der Waals surface area contributed by atoms with Gasteiger partial charge in [-0.25, -0.2) is 8.78 Å². The van der Waals surface area contributed by atoms with Crippen molar-refractivity contribution in [1.29, 1.82) is 0 Å². The van der Waals surface area contributed by atoms with E-state index in [-0.39, 0.29) is 29.1 Å². The van der Waals surface area contributed by atoms with E-state index >= 15 is 0 Å². The fourth-order valence-electron chi connectivity index (χ4n) is 5.23. The predicted octanol–water partition coefficient (Wildman–Crippen LogP) is 2.95. The summed E-state index contributed by atoms with van der Waals surface area (Å²) in [5, 5.41) is 8.58. The second-order valence-electron chi connectivity index (χ2n) is 7.84. The molecule has 2 aliphatic rings. The molecule has 1 aromatic carbocycles. The van der Waals surface area contributed by atoms with Crippen molar-refractivity contribution in [1.82, 2.24) is 15.1 Å². The molecule has 0 radical (unpaired) electrons. The standard InChI is InChI=1S/C20H22F2N4O/c1-4-20(26(3)10-16(23)27)18-11(12-9-19(12,20)2)8-15(24-25-18)17-13(21)6-5-7-14(17)22/h5-8,12H,4,9-10H2,1-3H3,(H2,23,27)/t12-,19?,20-/m0/s1. The number of benzene rings is 1. The molecule has 0 bridgehead atoms. The van der Waals surface area contributed by atoms with Crippen LogP contribution >= 0.6 is 0 Å². The van der Waals surface area contributed by atoms with Crippen molar-refractivity contribution in [3.63, 3.8) is 0 Å². The number of fused-ring (bicyclic) bond motifs is 3. The molecular weight excluding hydrogens is 350 g/mol.